The van der Waals surface area contributed by atoms with E-state index >= 15 is 0 Å². The highest BCUT2D eigenvalue weighted by Gasteiger charge is 2.57. The average molecular weight is 186 g/mol. The summed E-state index contributed by atoms with van der Waals surface area (Å²) >= 11 is 0. The summed E-state index contributed by atoms with van der Waals surface area (Å²) in [5.41, 5.74) is 0. The number of carbonyl (C=O) groups excluding carboxylic acids is 1. The number of hydrogen-bond acceptors (Lipinski definition) is 3. The summed E-state index contributed by atoms with van der Waals surface area (Å²) < 4.78 is 35.4. The number of aliphatic hydroxyl groups is 2. The molecule has 0 fully saturated rings. The molecule has 0 aliphatic rings. The lowest BCUT2D eigenvalue weighted by Crippen LogP contribution is -2.52. The molecular weight excluding hydrogens is 177 g/mol. The molecule has 0 aliphatic carbocycles. The van der Waals surface area contributed by atoms with Gasteiger partial charge >= 0.3 is 6.18 Å². The third-order valence-corrected chi connectivity index (χ3v) is 1.63. The lowest BCUT2D eigenvalue weighted by molar-refractivity contribution is -0.362. The van der Waals surface area contributed by atoms with Crippen LogP contribution in [0.2, 0.25) is 0 Å². The van der Waals surface area contributed by atoms with Crippen molar-refractivity contribution >= 4 is 5.78 Å². The van der Waals surface area contributed by atoms with Gasteiger partial charge in [0, 0.05) is 0 Å². The molecule has 3 nitrogen and oxygen atoms in total. The van der Waals surface area contributed by atoms with Gasteiger partial charge in [-0.1, -0.05) is 0 Å². The Hall–Kier alpha value is -0.620. The zero-order valence-electron chi connectivity index (χ0n) is 6.51. The zero-order chi connectivity index (χ0) is 10.2. The van der Waals surface area contributed by atoms with Crippen LogP contribution in [0.25, 0.3) is 0 Å². The van der Waals surface area contributed by atoms with Crippen molar-refractivity contribution < 1.29 is 28.2 Å². The van der Waals surface area contributed by atoms with E-state index in [4.69, 9.17) is 10.2 Å². The van der Waals surface area contributed by atoms with E-state index in [-0.39, 0.29) is 0 Å². The number of carbonyl (C=O) groups is 1. The van der Waals surface area contributed by atoms with Crippen molar-refractivity contribution in [3.8, 4) is 0 Å². The fourth-order valence-corrected chi connectivity index (χ4v) is 0.529. The summed E-state index contributed by atoms with van der Waals surface area (Å²) in [6, 6.07) is 0. The largest absolute Gasteiger partial charge is 0.443 e. The lowest BCUT2D eigenvalue weighted by atomic mass is 9.96. The summed E-state index contributed by atoms with van der Waals surface area (Å²) in [6.07, 6.45) is -5.21. The number of Topliss-reactive ketones (excluding diaryl/α,β-unsaturated/α-hetero) is 1. The van der Waals surface area contributed by atoms with E-state index in [1.54, 1.807) is 0 Å². The molecule has 0 saturated carbocycles. The fourth-order valence-electron chi connectivity index (χ4n) is 0.529. The summed E-state index contributed by atoms with van der Waals surface area (Å²) in [7, 11) is 0. The number of ketones is 1. The van der Waals surface area contributed by atoms with Crippen molar-refractivity contribution in [1.82, 2.24) is 0 Å². The Morgan fingerprint density at radius 1 is 1.33 bits per heavy atom. The van der Waals surface area contributed by atoms with Crippen LogP contribution in [0.4, 0.5) is 13.2 Å². The van der Waals surface area contributed by atoms with Crippen molar-refractivity contribution in [2.45, 2.75) is 25.8 Å². The van der Waals surface area contributed by atoms with E-state index in [1.165, 1.54) is 0 Å². The van der Waals surface area contributed by atoms with Gasteiger partial charge in [-0.25, -0.2) is 0 Å². The third-order valence-electron chi connectivity index (χ3n) is 1.63. The topological polar surface area (TPSA) is 57.5 Å². The van der Waals surface area contributed by atoms with Gasteiger partial charge in [0.25, 0.3) is 5.79 Å². The number of alkyl halides is 3. The van der Waals surface area contributed by atoms with Gasteiger partial charge < -0.3 is 10.2 Å². The molecule has 6 heteroatoms. The van der Waals surface area contributed by atoms with E-state index in [0.29, 0.717) is 0 Å². The maximum absolute atomic E-state index is 11.8. The van der Waals surface area contributed by atoms with E-state index in [9.17, 15) is 18.0 Å². The first kappa shape index (κ1) is 11.4. The minimum absolute atomic E-state index is 0.801. The summed E-state index contributed by atoms with van der Waals surface area (Å²) in [4.78, 5) is 10.4. The minimum Gasteiger partial charge on any atom is -0.358 e. The van der Waals surface area contributed by atoms with Crippen molar-refractivity contribution in [1.29, 1.82) is 0 Å². The van der Waals surface area contributed by atoms with E-state index in [0.717, 1.165) is 13.8 Å². The maximum Gasteiger partial charge on any atom is 0.443 e. The highest BCUT2D eigenvalue weighted by Crippen LogP contribution is 2.34. The summed E-state index contributed by atoms with van der Waals surface area (Å²) in [6.45, 7) is 1.66. The van der Waals surface area contributed by atoms with Crippen LogP contribution in [-0.2, 0) is 4.79 Å². The second-order valence-electron chi connectivity index (χ2n) is 2.56. The molecule has 0 aromatic rings. The second-order valence-corrected chi connectivity index (χ2v) is 2.56. The van der Waals surface area contributed by atoms with Gasteiger partial charge in [-0.3, -0.25) is 4.79 Å². The second kappa shape index (κ2) is 3.02. The molecule has 0 bridgehead atoms. The molecule has 0 aromatic heterocycles. The highest BCUT2D eigenvalue weighted by atomic mass is 19.4. The first-order valence-corrected chi connectivity index (χ1v) is 3.12. The molecule has 0 amide bonds. The molecule has 72 valence electrons. The zero-order valence-corrected chi connectivity index (χ0v) is 6.51. The van der Waals surface area contributed by atoms with Gasteiger partial charge in [0.15, 0.2) is 0 Å². The van der Waals surface area contributed by atoms with Crippen LogP contribution in [0, 0.1) is 5.92 Å². The van der Waals surface area contributed by atoms with Gasteiger partial charge in [-0.05, 0) is 13.8 Å². The Balaban J connectivity index is 4.73. The number of halogens is 3. The van der Waals surface area contributed by atoms with Gasteiger partial charge in [-0.2, -0.15) is 13.2 Å². The predicted molar refractivity (Wildman–Crippen MR) is 33.1 cm³/mol. The van der Waals surface area contributed by atoms with E-state index in [2.05, 4.69) is 0 Å². The predicted octanol–water partition coefficient (Wildman–Crippen LogP) is 0.455. The SMILES string of the molecule is CC(=O)C(C)C(O)(O)C(F)(F)F. The van der Waals surface area contributed by atoms with Crippen LogP contribution < -0.4 is 0 Å². The van der Waals surface area contributed by atoms with E-state index in [1.807, 2.05) is 0 Å². The third kappa shape index (κ3) is 1.95. The molecule has 0 aliphatic heterocycles. The lowest BCUT2D eigenvalue weighted by Gasteiger charge is -2.28. The van der Waals surface area contributed by atoms with Gasteiger partial charge in [0.2, 0.25) is 0 Å². The first-order chi connectivity index (χ1) is 5.10. The van der Waals surface area contributed by atoms with Gasteiger partial charge in [0.1, 0.15) is 5.78 Å². The first-order valence-electron chi connectivity index (χ1n) is 3.12. The number of hydrogen-bond donors (Lipinski definition) is 2. The molecule has 1 atom stereocenters. The molecule has 0 radical (unpaired) electrons. The van der Waals surface area contributed by atoms with Crippen molar-refractivity contribution in [3.05, 3.63) is 0 Å². The minimum atomic E-state index is -5.21. The maximum atomic E-state index is 11.8. The Bertz CT molecular complexity index is 185. The monoisotopic (exact) mass is 186 g/mol. The Kier molecular flexibility index (Phi) is 2.87. The van der Waals surface area contributed by atoms with Crippen molar-refractivity contribution in [2.75, 3.05) is 0 Å². The van der Waals surface area contributed by atoms with Gasteiger partial charge in [0.05, 0.1) is 5.92 Å². The molecule has 2 N–H and O–H groups in total. The molecule has 0 spiro atoms. The van der Waals surface area contributed by atoms with Crippen LogP contribution in [-0.4, -0.2) is 28.0 Å². The van der Waals surface area contributed by atoms with Crippen LogP contribution in [0.5, 0.6) is 0 Å². The van der Waals surface area contributed by atoms with Crippen LogP contribution in [0.1, 0.15) is 13.8 Å². The molecule has 0 rings (SSSR count). The molecular formula is C6H9F3O3. The van der Waals surface area contributed by atoms with Crippen LogP contribution in [0.15, 0.2) is 0 Å². The normalized spacial score (nSPS) is 15.9. The van der Waals surface area contributed by atoms with Gasteiger partial charge in [-0.15, -0.1) is 0 Å². The standard InChI is InChI=1S/C6H9F3O3/c1-3(4(2)10)5(11,12)6(7,8)9/h3,11-12H,1-2H3. The fraction of sp³-hybridized carbons (Fsp3) is 0.833. The Labute approximate surface area is 66.8 Å². The quantitative estimate of drug-likeness (QED) is 0.616. The molecule has 0 aromatic carbocycles. The summed E-state index contributed by atoms with van der Waals surface area (Å²) in [5, 5.41) is 17.0. The molecule has 12 heavy (non-hydrogen) atoms. The Morgan fingerprint density at radius 2 is 1.67 bits per heavy atom. The van der Waals surface area contributed by atoms with Crippen molar-refractivity contribution in [3.63, 3.8) is 0 Å². The molecule has 0 heterocycles. The smallest absolute Gasteiger partial charge is 0.358 e. The average Bonchev–Trinajstić information content (AvgIpc) is 1.83. The van der Waals surface area contributed by atoms with E-state index < -0.39 is 23.7 Å². The Morgan fingerprint density at radius 3 is 1.75 bits per heavy atom. The summed E-state index contributed by atoms with van der Waals surface area (Å²) in [5.74, 6) is -6.74. The molecule has 0 saturated heterocycles. The molecule has 1 unspecified atom stereocenters. The van der Waals surface area contributed by atoms with Crippen LogP contribution >= 0.6 is 0 Å². The number of rotatable bonds is 2. The highest BCUT2D eigenvalue weighted by molar-refractivity contribution is 5.78. The van der Waals surface area contributed by atoms with Crippen LogP contribution in [0.3, 0.4) is 0 Å². The van der Waals surface area contributed by atoms with Crippen molar-refractivity contribution in [2.24, 2.45) is 5.92 Å².